The van der Waals surface area contributed by atoms with Crippen molar-refractivity contribution in [1.82, 2.24) is 10.6 Å². The number of benzene rings is 1. The summed E-state index contributed by atoms with van der Waals surface area (Å²) in [5, 5.41) is 13.6. The summed E-state index contributed by atoms with van der Waals surface area (Å²) in [6.07, 6.45) is 0.735. The molecular weight excluding hydrogens is 371 g/mol. The van der Waals surface area contributed by atoms with E-state index >= 15 is 0 Å². The van der Waals surface area contributed by atoms with Crippen LogP contribution >= 0.6 is 0 Å². The third-order valence-electron chi connectivity index (χ3n) is 4.61. The van der Waals surface area contributed by atoms with Crippen molar-refractivity contribution in [2.75, 3.05) is 6.67 Å². The molecule has 1 fully saturated rings. The Labute approximate surface area is 161 Å². The van der Waals surface area contributed by atoms with E-state index in [2.05, 4.69) is 10.6 Å². The van der Waals surface area contributed by atoms with Gasteiger partial charge >= 0.3 is 12.1 Å². The molecule has 0 bridgehead atoms. The monoisotopic (exact) mass is 394 g/mol. The maximum atomic E-state index is 12.7. The number of ketones is 1. The molecule has 2 amide bonds. The van der Waals surface area contributed by atoms with E-state index in [0.717, 1.165) is 12.0 Å². The molecule has 1 aliphatic rings. The molecule has 0 aromatic heterocycles. The fraction of sp³-hybridized carbons (Fsp3) is 0.474. The van der Waals surface area contributed by atoms with Gasteiger partial charge in [-0.1, -0.05) is 36.8 Å². The highest BCUT2D eigenvalue weighted by Gasteiger charge is 2.36. The number of hydrogen-bond donors (Lipinski definition) is 3. The molecule has 0 radical (unpaired) electrons. The molecule has 152 valence electrons. The molecule has 28 heavy (non-hydrogen) atoms. The third-order valence-corrected chi connectivity index (χ3v) is 4.61. The number of carbonyl (C=O) groups excluding carboxylic acids is 3. The van der Waals surface area contributed by atoms with E-state index in [1.165, 1.54) is 0 Å². The molecule has 2 rings (SSSR count). The van der Waals surface area contributed by atoms with Crippen LogP contribution in [-0.4, -0.2) is 47.6 Å². The highest BCUT2D eigenvalue weighted by Crippen LogP contribution is 2.30. The minimum atomic E-state index is -1.49. The predicted molar refractivity (Wildman–Crippen MR) is 96.1 cm³/mol. The zero-order valence-corrected chi connectivity index (χ0v) is 15.2. The van der Waals surface area contributed by atoms with Crippen LogP contribution in [0.3, 0.4) is 0 Å². The maximum absolute atomic E-state index is 12.7. The third kappa shape index (κ3) is 6.33. The number of amides is 2. The van der Waals surface area contributed by atoms with Crippen LogP contribution in [0.15, 0.2) is 30.3 Å². The van der Waals surface area contributed by atoms with Crippen molar-refractivity contribution >= 4 is 23.8 Å². The fourth-order valence-corrected chi connectivity index (χ4v) is 2.84. The molecule has 1 aromatic rings. The van der Waals surface area contributed by atoms with Crippen molar-refractivity contribution in [2.24, 2.45) is 5.92 Å². The SMILES string of the molecule is O=C(O)CC(NC(=O)C(NC(=O)OCc1ccccc1)C1CCC1)C(=O)CF. The zero-order valence-electron chi connectivity index (χ0n) is 15.2. The Balaban J connectivity index is 1.97. The first-order chi connectivity index (χ1) is 13.4. The van der Waals surface area contributed by atoms with Crippen LogP contribution in [0.5, 0.6) is 0 Å². The summed E-state index contributed by atoms with van der Waals surface area (Å²) in [6, 6.07) is 6.51. The van der Waals surface area contributed by atoms with E-state index in [0.29, 0.717) is 12.8 Å². The molecule has 8 nitrogen and oxygen atoms in total. The van der Waals surface area contributed by atoms with E-state index in [9.17, 15) is 23.6 Å². The summed E-state index contributed by atoms with van der Waals surface area (Å²) in [7, 11) is 0. The van der Waals surface area contributed by atoms with Gasteiger partial charge in [0.2, 0.25) is 5.91 Å². The first kappa shape index (κ1) is 21.3. The van der Waals surface area contributed by atoms with Gasteiger partial charge in [0.25, 0.3) is 0 Å². The maximum Gasteiger partial charge on any atom is 0.408 e. The van der Waals surface area contributed by atoms with E-state index in [1.807, 2.05) is 6.07 Å². The largest absolute Gasteiger partial charge is 0.481 e. The van der Waals surface area contributed by atoms with Gasteiger partial charge in [0.15, 0.2) is 5.78 Å². The summed E-state index contributed by atoms with van der Waals surface area (Å²) in [5.74, 6) is -3.26. The van der Waals surface area contributed by atoms with Crippen LogP contribution in [0.1, 0.15) is 31.2 Å². The van der Waals surface area contributed by atoms with Gasteiger partial charge in [0, 0.05) is 0 Å². The number of carbonyl (C=O) groups is 4. The Hall–Kier alpha value is -2.97. The van der Waals surface area contributed by atoms with E-state index in [1.54, 1.807) is 24.3 Å². The lowest BCUT2D eigenvalue weighted by atomic mass is 9.79. The standard InChI is InChI=1S/C19H23FN2O6/c20-10-15(23)14(9-16(24)25)21-18(26)17(13-7-4-8-13)22-19(27)28-11-12-5-2-1-3-6-12/h1-3,5-6,13-14,17H,4,7-11H2,(H,21,26)(H,22,27)(H,24,25). The van der Waals surface area contributed by atoms with Crippen molar-refractivity contribution < 1.29 is 33.4 Å². The molecule has 1 saturated carbocycles. The van der Waals surface area contributed by atoms with Gasteiger partial charge in [0.1, 0.15) is 25.4 Å². The number of Topliss-reactive ketones (excluding diaryl/α,β-unsaturated/α-hetero) is 1. The molecule has 0 saturated heterocycles. The number of halogens is 1. The topological polar surface area (TPSA) is 122 Å². The van der Waals surface area contributed by atoms with Gasteiger partial charge in [-0.3, -0.25) is 14.4 Å². The molecular formula is C19H23FN2O6. The number of rotatable bonds is 10. The van der Waals surface area contributed by atoms with E-state index < -0.39 is 48.9 Å². The second-order valence-electron chi connectivity index (χ2n) is 6.63. The number of nitrogens with one attached hydrogen (secondary N) is 2. The fourth-order valence-electron chi connectivity index (χ4n) is 2.84. The van der Waals surface area contributed by atoms with Crippen molar-refractivity contribution in [2.45, 2.75) is 44.4 Å². The van der Waals surface area contributed by atoms with Crippen molar-refractivity contribution in [1.29, 1.82) is 0 Å². The molecule has 0 heterocycles. The quantitative estimate of drug-likeness (QED) is 0.554. The highest BCUT2D eigenvalue weighted by molar-refractivity contribution is 5.94. The summed E-state index contributed by atoms with van der Waals surface area (Å²) in [5.41, 5.74) is 0.775. The summed E-state index contributed by atoms with van der Waals surface area (Å²) < 4.78 is 17.8. The second kappa shape index (κ2) is 10.4. The number of carboxylic acids is 1. The Kier molecular flexibility index (Phi) is 7.91. The summed E-state index contributed by atoms with van der Waals surface area (Å²) in [6.45, 7) is -1.37. The molecule has 0 aliphatic heterocycles. The first-order valence-corrected chi connectivity index (χ1v) is 8.98. The van der Waals surface area contributed by atoms with Crippen LogP contribution < -0.4 is 10.6 Å². The summed E-state index contributed by atoms with van der Waals surface area (Å²) >= 11 is 0. The molecule has 9 heteroatoms. The van der Waals surface area contributed by atoms with E-state index in [4.69, 9.17) is 9.84 Å². The predicted octanol–water partition coefficient (Wildman–Crippen LogP) is 1.58. The lowest BCUT2D eigenvalue weighted by Crippen LogP contribution is -2.56. The highest BCUT2D eigenvalue weighted by atomic mass is 19.1. The number of carboxylic acid groups (broad SMARTS) is 1. The number of aliphatic carboxylic acids is 1. The smallest absolute Gasteiger partial charge is 0.408 e. The Morgan fingerprint density at radius 2 is 1.82 bits per heavy atom. The average Bonchev–Trinajstić information content (AvgIpc) is 2.63. The molecule has 2 atom stereocenters. The van der Waals surface area contributed by atoms with Crippen LogP contribution in [0, 0.1) is 5.92 Å². The Bertz CT molecular complexity index is 708. The molecule has 0 spiro atoms. The van der Waals surface area contributed by atoms with Gasteiger partial charge in [-0.05, 0) is 24.3 Å². The lowest BCUT2D eigenvalue weighted by molar-refractivity contribution is -0.140. The minimum Gasteiger partial charge on any atom is -0.481 e. The molecule has 1 aromatic carbocycles. The van der Waals surface area contributed by atoms with Gasteiger partial charge in [-0.25, -0.2) is 9.18 Å². The van der Waals surface area contributed by atoms with Crippen molar-refractivity contribution in [3.63, 3.8) is 0 Å². The van der Waals surface area contributed by atoms with Gasteiger partial charge in [0.05, 0.1) is 6.42 Å². The van der Waals surface area contributed by atoms with Crippen LogP contribution in [-0.2, 0) is 25.7 Å². The first-order valence-electron chi connectivity index (χ1n) is 8.98. The van der Waals surface area contributed by atoms with Gasteiger partial charge < -0.3 is 20.5 Å². The number of alkyl halides is 1. The number of alkyl carbamates (subject to hydrolysis) is 1. The van der Waals surface area contributed by atoms with Crippen molar-refractivity contribution in [3.8, 4) is 0 Å². The number of ether oxygens (including phenoxy) is 1. The van der Waals surface area contributed by atoms with E-state index in [-0.39, 0.29) is 12.5 Å². The zero-order chi connectivity index (χ0) is 20.5. The molecule has 2 unspecified atom stereocenters. The molecule has 1 aliphatic carbocycles. The Morgan fingerprint density at radius 1 is 1.14 bits per heavy atom. The van der Waals surface area contributed by atoms with Crippen LogP contribution in [0.25, 0.3) is 0 Å². The minimum absolute atomic E-state index is 0.0215. The lowest BCUT2D eigenvalue weighted by Gasteiger charge is -2.33. The van der Waals surface area contributed by atoms with Crippen molar-refractivity contribution in [3.05, 3.63) is 35.9 Å². The Morgan fingerprint density at radius 3 is 2.36 bits per heavy atom. The average molecular weight is 394 g/mol. The second-order valence-corrected chi connectivity index (χ2v) is 6.63. The molecule has 3 N–H and O–H groups in total. The normalized spacial score (nSPS) is 15.6. The van der Waals surface area contributed by atoms with Crippen LogP contribution in [0.4, 0.5) is 9.18 Å². The van der Waals surface area contributed by atoms with Gasteiger partial charge in [-0.15, -0.1) is 0 Å². The van der Waals surface area contributed by atoms with Gasteiger partial charge in [-0.2, -0.15) is 0 Å². The number of hydrogen-bond acceptors (Lipinski definition) is 5. The van der Waals surface area contributed by atoms with Crippen LogP contribution in [0.2, 0.25) is 0 Å². The summed E-state index contributed by atoms with van der Waals surface area (Å²) in [4.78, 5) is 47.1.